The smallest absolute Gasteiger partial charge is 0.324 e. The van der Waals surface area contributed by atoms with E-state index in [1.54, 1.807) is 0 Å². The van der Waals surface area contributed by atoms with Crippen molar-refractivity contribution in [1.82, 2.24) is 5.32 Å². The third-order valence-corrected chi connectivity index (χ3v) is 3.37. The molecule has 2 fully saturated rings. The molecular weight excluding hydrogens is 154 g/mol. The van der Waals surface area contributed by atoms with E-state index in [0.717, 1.165) is 32.2 Å². The monoisotopic (exact) mass is 169 g/mol. The standard InChI is InChI=1S/C9H15NO2/c11-8(12)9(5-2-6-10-9)7-3-1-4-7/h7,10H,1-6H2,(H,11,12). The normalized spacial score (nSPS) is 36.3. The van der Waals surface area contributed by atoms with Crippen molar-refractivity contribution in [1.29, 1.82) is 0 Å². The molecule has 1 atom stereocenters. The summed E-state index contributed by atoms with van der Waals surface area (Å²) in [7, 11) is 0. The quantitative estimate of drug-likeness (QED) is 0.648. The van der Waals surface area contributed by atoms with Crippen LogP contribution < -0.4 is 5.32 Å². The number of hydrogen-bond acceptors (Lipinski definition) is 2. The molecule has 0 aromatic rings. The van der Waals surface area contributed by atoms with E-state index < -0.39 is 11.5 Å². The van der Waals surface area contributed by atoms with Crippen LogP contribution >= 0.6 is 0 Å². The molecule has 0 amide bonds. The van der Waals surface area contributed by atoms with E-state index in [2.05, 4.69) is 5.32 Å². The Morgan fingerprint density at radius 2 is 2.17 bits per heavy atom. The SMILES string of the molecule is O=C(O)C1(C2CCC2)CCCN1. The van der Waals surface area contributed by atoms with Crippen molar-refractivity contribution in [2.45, 2.75) is 37.6 Å². The van der Waals surface area contributed by atoms with Gasteiger partial charge in [-0.25, -0.2) is 0 Å². The summed E-state index contributed by atoms with van der Waals surface area (Å²) in [6.45, 7) is 0.878. The Bertz CT molecular complexity index is 193. The Morgan fingerprint density at radius 3 is 2.50 bits per heavy atom. The number of carboxylic acids is 1. The third-order valence-electron chi connectivity index (χ3n) is 3.37. The van der Waals surface area contributed by atoms with Gasteiger partial charge < -0.3 is 10.4 Å². The molecule has 3 nitrogen and oxygen atoms in total. The van der Waals surface area contributed by atoms with Crippen molar-refractivity contribution in [3.8, 4) is 0 Å². The summed E-state index contributed by atoms with van der Waals surface area (Å²) in [4.78, 5) is 11.1. The van der Waals surface area contributed by atoms with Crippen molar-refractivity contribution in [3.05, 3.63) is 0 Å². The minimum atomic E-state index is -0.635. The molecule has 0 aromatic carbocycles. The molecule has 1 unspecified atom stereocenters. The summed E-state index contributed by atoms with van der Waals surface area (Å²) < 4.78 is 0. The van der Waals surface area contributed by atoms with E-state index in [1.165, 1.54) is 6.42 Å². The highest BCUT2D eigenvalue weighted by molar-refractivity contribution is 5.79. The van der Waals surface area contributed by atoms with Crippen LogP contribution in [0.2, 0.25) is 0 Å². The summed E-state index contributed by atoms with van der Waals surface area (Å²) in [6, 6.07) is 0. The molecule has 68 valence electrons. The van der Waals surface area contributed by atoms with E-state index in [4.69, 9.17) is 5.11 Å². The number of hydrogen-bond donors (Lipinski definition) is 2. The average molecular weight is 169 g/mol. The van der Waals surface area contributed by atoms with Crippen molar-refractivity contribution < 1.29 is 9.90 Å². The van der Waals surface area contributed by atoms with Gasteiger partial charge in [-0.2, -0.15) is 0 Å². The first kappa shape index (κ1) is 8.05. The van der Waals surface area contributed by atoms with Gasteiger partial charge in [0.05, 0.1) is 0 Å². The highest BCUT2D eigenvalue weighted by Gasteiger charge is 2.49. The summed E-state index contributed by atoms with van der Waals surface area (Å²) in [5.41, 5.74) is -0.543. The number of rotatable bonds is 2. The molecule has 0 aromatic heterocycles. The summed E-state index contributed by atoms with van der Waals surface area (Å²) in [5, 5.41) is 12.3. The first-order chi connectivity index (χ1) is 5.76. The summed E-state index contributed by atoms with van der Waals surface area (Å²) >= 11 is 0. The van der Waals surface area contributed by atoms with Gasteiger partial charge in [-0.15, -0.1) is 0 Å². The maximum absolute atomic E-state index is 11.1. The Kier molecular flexibility index (Phi) is 1.83. The fraction of sp³-hybridized carbons (Fsp3) is 0.889. The first-order valence-corrected chi connectivity index (χ1v) is 4.74. The molecule has 0 bridgehead atoms. The van der Waals surface area contributed by atoms with Gasteiger partial charge in [-0.1, -0.05) is 6.42 Å². The first-order valence-electron chi connectivity index (χ1n) is 4.74. The number of nitrogens with one attached hydrogen (secondary N) is 1. The van der Waals surface area contributed by atoms with Crippen LogP contribution in [-0.2, 0) is 4.79 Å². The van der Waals surface area contributed by atoms with Crippen LogP contribution in [0.25, 0.3) is 0 Å². The van der Waals surface area contributed by atoms with Crippen molar-refractivity contribution in [2.75, 3.05) is 6.54 Å². The Labute approximate surface area is 72.2 Å². The van der Waals surface area contributed by atoms with Gasteiger partial charge in [0.15, 0.2) is 0 Å². The topological polar surface area (TPSA) is 49.3 Å². The maximum atomic E-state index is 11.1. The van der Waals surface area contributed by atoms with Crippen LogP contribution in [0.5, 0.6) is 0 Å². The largest absolute Gasteiger partial charge is 0.480 e. The predicted octanol–water partition coefficient (Wildman–Crippen LogP) is 0.993. The minimum Gasteiger partial charge on any atom is -0.480 e. The van der Waals surface area contributed by atoms with Gasteiger partial charge in [0.1, 0.15) is 5.54 Å². The van der Waals surface area contributed by atoms with Gasteiger partial charge in [0, 0.05) is 0 Å². The molecule has 0 spiro atoms. The lowest BCUT2D eigenvalue weighted by molar-refractivity contribution is -0.148. The molecule has 2 rings (SSSR count). The van der Waals surface area contributed by atoms with Crippen LogP contribution in [0, 0.1) is 5.92 Å². The fourth-order valence-electron chi connectivity index (χ4n) is 2.37. The highest BCUT2D eigenvalue weighted by Crippen LogP contribution is 2.40. The van der Waals surface area contributed by atoms with Crippen molar-refractivity contribution in [2.24, 2.45) is 5.92 Å². The van der Waals surface area contributed by atoms with E-state index in [1.807, 2.05) is 0 Å². The molecule has 1 saturated carbocycles. The summed E-state index contributed by atoms with van der Waals surface area (Å²) in [6.07, 6.45) is 5.25. The third kappa shape index (κ3) is 0.959. The lowest BCUT2D eigenvalue weighted by atomic mass is 9.70. The zero-order valence-electron chi connectivity index (χ0n) is 7.18. The van der Waals surface area contributed by atoms with E-state index in [9.17, 15) is 4.79 Å². The molecule has 12 heavy (non-hydrogen) atoms. The van der Waals surface area contributed by atoms with Crippen LogP contribution in [0.3, 0.4) is 0 Å². The second-order valence-electron chi connectivity index (χ2n) is 3.93. The fourth-order valence-corrected chi connectivity index (χ4v) is 2.37. The van der Waals surface area contributed by atoms with Crippen molar-refractivity contribution >= 4 is 5.97 Å². The molecular formula is C9H15NO2. The number of carboxylic acid groups (broad SMARTS) is 1. The van der Waals surface area contributed by atoms with Crippen LogP contribution in [-0.4, -0.2) is 23.2 Å². The van der Waals surface area contributed by atoms with Gasteiger partial charge in [-0.3, -0.25) is 4.79 Å². The Morgan fingerprint density at radius 1 is 1.42 bits per heavy atom. The lowest BCUT2D eigenvalue weighted by Crippen LogP contribution is -2.55. The summed E-state index contributed by atoms with van der Waals surface area (Å²) in [5.74, 6) is -0.234. The Balaban J connectivity index is 2.14. The number of carbonyl (C=O) groups is 1. The molecule has 0 radical (unpaired) electrons. The molecule has 2 N–H and O–H groups in total. The van der Waals surface area contributed by atoms with Crippen LogP contribution in [0.4, 0.5) is 0 Å². The zero-order valence-corrected chi connectivity index (χ0v) is 7.18. The molecule has 3 heteroatoms. The van der Waals surface area contributed by atoms with Crippen molar-refractivity contribution in [3.63, 3.8) is 0 Å². The molecule has 1 saturated heterocycles. The van der Waals surface area contributed by atoms with E-state index >= 15 is 0 Å². The number of aliphatic carboxylic acids is 1. The van der Waals surface area contributed by atoms with Gasteiger partial charge in [-0.05, 0) is 38.1 Å². The zero-order chi connectivity index (χ0) is 8.60. The van der Waals surface area contributed by atoms with Gasteiger partial charge in [0.25, 0.3) is 0 Å². The van der Waals surface area contributed by atoms with Gasteiger partial charge in [0.2, 0.25) is 0 Å². The Hall–Kier alpha value is -0.570. The van der Waals surface area contributed by atoms with E-state index in [0.29, 0.717) is 5.92 Å². The molecule has 1 aliphatic heterocycles. The predicted molar refractivity (Wildman–Crippen MR) is 44.9 cm³/mol. The van der Waals surface area contributed by atoms with Crippen LogP contribution in [0.15, 0.2) is 0 Å². The second kappa shape index (κ2) is 2.73. The highest BCUT2D eigenvalue weighted by atomic mass is 16.4. The lowest BCUT2D eigenvalue weighted by Gasteiger charge is -2.39. The molecule has 1 heterocycles. The van der Waals surface area contributed by atoms with Gasteiger partial charge >= 0.3 is 5.97 Å². The maximum Gasteiger partial charge on any atom is 0.324 e. The molecule has 1 aliphatic carbocycles. The molecule has 2 aliphatic rings. The second-order valence-corrected chi connectivity index (χ2v) is 3.93. The average Bonchev–Trinajstić information content (AvgIpc) is 2.33. The van der Waals surface area contributed by atoms with E-state index in [-0.39, 0.29) is 0 Å². The minimum absolute atomic E-state index is 0.400. The van der Waals surface area contributed by atoms with Crippen LogP contribution in [0.1, 0.15) is 32.1 Å².